The van der Waals surface area contributed by atoms with Crippen molar-refractivity contribution in [2.75, 3.05) is 19.8 Å². The van der Waals surface area contributed by atoms with Crippen molar-refractivity contribution in [3.05, 3.63) is 82.4 Å². The summed E-state index contributed by atoms with van der Waals surface area (Å²) in [6, 6.07) is 13.9. The van der Waals surface area contributed by atoms with Gasteiger partial charge in [0.2, 0.25) is 0 Å². The second-order valence-electron chi connectivity index (χ2n) is 7.62. The van der Waals surface area contributed by atoms with Crippen LogP contribution >= 0.6 is 11.6 Å². The molecule has 5 nitrogen and oxygen atoms in total. The molecule has 0 unspecified atom stereocenters. The van der Waals surface area contributed by atoms with Crippen LogP contribution in [0.1, 0.15) is 34.5 Å². The van der Waals surface area contributed by atoms with E-state index in [1.54, 1.807) is 35.1 Å². The Balaban J connectivity index is 1.54. The van der Waals surface area contributed by atoms with Gasteiger partial charge in [0.1, 0.15) is 5.82 Å². The average Bonchev–Trinajstić information content (AvgIpc) is 3.14. The molecule has 0 saturated carbocycles. The summed E-state index contributed by atoms with van der Waals surface area (Å²) in [5, 5.41) is 8.04. The van der Waals surface area contributed by atoms with E-state index in [1.807, 2.05) is 19.1 Å². The van der Waals surface area contributed by atoms with Gasteiger partial charge in [0, 0.05) is 30.2 Å². The summed E-state index contributed by atoms with van der Waals surface area (Å²) in [5.41, 5.74) is 2.78. The lowest BCUT2D eigenvalue weighted by atomic mass is 9.74. The third-order valence-corrected chi connectivity index (χ3v) is 6.04. The van der Waals surface area contributed by atoms with Crippen molar-refractivity contribution in [1.82, 2.24) is 15.1 Å². The molecular formula is C23H23ClFN3O2. The molecular weight excluding hydrogens is 405 g/mol. The summed E-state index contributed by atoms with van der Waals surface area (Å²) in [4.78, 5) is 13.0. The maximum Gasteiger partial charge on any atom is 0.254 e. The predicted octanol–water partition coefficient (Wildman–Crippen LogP) is 4.45. The lowest BCUT2D eigenvalue weighted by Gasteiger charge is -2.38. The monoisotopic (exact) mass is 427 g/mol. The molecule has 156 valence electrons. The highest BCUT2D eigenvalue weighted by atomic mass is 35.5. The van der Waals surface area contributed by atoms with E-state index < -0.39 is 0 Å². The fraction of sp³-hybridized carbons (Fsp3) is 0.304. The molecule has 0 spiro atoms. The molecule has 2 aromatic carbocycles. The van der Waals surface area contributed by atoms with Crippen molar-refractivity contribution in [3.63, 3.8) is 0 Å². The van der Waals surface area contributed by atoms with Crippen LogP contribution in [0.4, 0.5) is 4.39 Å². The van der Waals surface area contributed by atoms with E-state index in [0.717, 1.165) is 29.8 Å². The van der Waals surface area contributed by atoms with Gasteiger partial charge >= 0.3 is 0 Å². The Bertz CT molecular complexity index is 1040. The van der Waals surface area contributed by atoms with Crippen molar-refractivity contribution >= 4 is 17.5 Å². The van der Waals surface area contributed by atoms with Gasteiger partial charge < -0.3 is 10.1 Å². The quantitative estimate of drug-likeness (QED) is 0.654. The second kappa shape index (κ2) is 8.58. The molecule has 1 N–H and O–H groups in total. The van der Waals surface area contributed by atoms with Crippen LogP contribution in [0.3, 0.4) is 0 Å². The average molecular weight is 428 g/mol. The van der Waals surface area contributed by atoms with E-state index in [4.69, 9.17) is 16.3 Å². The second-order valence-corrected chi connectivity index (χ2v) is 8.05. The molecule has 1 amide bonds. The van der Waals surface area contributed by atoms with Crippen LogP contribution in [0.2, 0.25) is 5.02 Å². The van der Waals surface area contributed by atoms with Crippen molar-refractivity contribution < 1.29 is 13.9 Å². The van der Waals surface area contributed by atoms with Crippen LogP contribution in [0, 0.1) is 12.7 Å². The largest absolute Gasteiger partial charge is 0.381 e. The minimum atomic E-state index is -0.279. The third-order valence-electron chi connectivity index (χ3n) is 5.80. The molecule has 0 aliphatic carbocycles. The normalized spacial score (nSPS) is 15.7. The summed E-state index contributed by atoms with van der Waals surface area (Å²) in [5.74, 6) is -0.456. The number of benzene rings is 2. The van der Waals surface area contributed by atoms with E-state index in [2.05, 4.69) is 10.4 Å². The Morgan fingerprint density at radius 1 is 1.23 bits per heavy atom. The van der Waals surface area contributed by atoms with Crippen LogP contribution in [-0.4, -0.2) is 35.4 Å². The van der Waals surface area contributed by atoms with Crippen LogP contribution in [0.25, 0.3) is 5.69 Å². The topological polar surface area (TPSA) is 56.1 Å². The number of ether oxygens (including phenoxy) is 1. The molecule has 0 atom stereocenters. The molecule has 1 fully saturated rings. The molecule has 1 aromatic heterocycles. The zero-order valence-electron chi connectivity index (χ0n) is 16.7. The number of carbonyl (C=O) groups excluding carboxylic acids is 1. The van der Waals surface area contributed by atoms with Crippen molar-refractivity contribution in [2.24, 2.45) is 0 Å². The number of amides is 1. The van der Waals surface area contributed by atoms with Gasteiger partial charge in [0.05, 0.1) is 23.1 Å². The molecule has 30 heavy (non-hydrogen) atoms. The van der Waals surface area contributed by atoms with Gasteiger partial charge in [-0.25, -0.2) is 9.07 Å². The minimum Gasteiger partial charge on any atom is -0.381 e. The SMILES string of the molecule is Cc1c(C(=O)NCC2(c3ccc(F)cc3)CCOCC2)cnn1-c1cccc(Cl)c1. The van der Waals surface area contributed by atoms with Gasteiger partial charge in [-0.2, -0.15) is 5.10 Å². The Labute approximate surface area is 179 Å². The lowest BCUT2D eigenvalue weighted by Crippen LogP contribution is -2.44. The van der Waals surface area contributed by atoms with Gasteiger partial charge in [-0.05, 0) is 55.7 Å². The Morgan fingerprint density at radius 3 is 2.67 bits per heavy atom. The third kappa shape index (κ3) is 4.11. The zero-order chi connectivity index (χ0) is 21.1. The predicted molar refractivity (Wildman–Crippen MR) is 114 cm³/mol. The molecule has 4 rings (SSSR count). The van der Waals surface area contributed by atoms with E-state index >= 15 is 0 Å². The summed E-state index contributed by atoms with van der Waals surface area (Å²) >= 11 is 6.08. The Kier molecular flexibility index (Phi) is 5.88. The van der Waals surface area contributed by atoms with Crippen LogP contribution in [0.15, 0.2) is 54.7 Å². The molecule has 1 aliphatic heterocycles. The zero-order valence-corrected chi connectivity index (χ0v) is 17.5. The number of aromatic nitrogens is 2. The van der Waals surface area contributed by atoms with Crippen LogP contribution in [-0.2, 0) is 10.2 Å². The highest BCUT2D eigenvalue weighted by Crippen LogP contribution is 2.34. The number of nitrogens with zero attached hydrogens (tertiary/aromatic N) is 2. The van der Waals surface area contributed by atoms with E-state index in [-0.39, 0.29) is 17.1 Å². The first-order valence-electron chi connectivity index (χ1n) is 9.91. The Hall–Kier alpha value is -2.70. The van der Waals surface area contributed by atoms with Gasteiger partial charge in [-0.3, -0.25) is 4.79 Å². The maximum atomic E-state index is 13.4. The first kappa shape index (κ1) is 20.6. The summed E-state index contributed by atoms with van der Waals surface area (Å²) in [6.07, 6.45) is 3.10. The van der Waals surface area contributed by atoms with Crippen molar-refractivity contribution in [2.45, 2.75) is 25.2 Å². The standard InChI is InChI=1S/C23H23ClFN3O2/c1-16-21(14-27-28(16)20-4-2-3-18(24)13-20)22(29)26-15-23(9-11-30-12-10-23)17-5-7-19(25)8-6-17/h2-8,13-14H,9-12,15H2,1H3,(H,26,29). The number of rotatable bonds is 5. The number of hydrogen-bond donors (Lipinski definition) is 1. The van der Waals surface area contributed by atoms with Gasteiger partial charge in [0.15, 0.2) is 0 Å². The number of halogens is 2. The molecule has 0 radical (unpaired) electrons. The smallest absolute Gasteiger partial charge is 0.254 e. The van der Waals surface area contributed by atoms with Crippen LogP contribution in [0.5, 0.6) is 0 Å². The molecule has 0 bridgehead atoms. The number of carbonyl (C=O) groups is 1. The fourth-order valence-corrected chi connectivity index (χ4v) is 4.16. The molecule has 1 saturated heterocycles. The first-order chi connectivity index (χ1) is 14.5. The van der Waals surface area contributed by atoms with Gasteiger partial charge in [-0.15, -0.1) is 0 Å². The van der Waals surface area contributed by atoms with Gasteiger partial charge in [-0.1, -0.05) is 29.8 Å². The van der Waals surface area contributed by atoms with Crippen molar-refractivity contribution in [3.8, 4) is 5.69 Å². The number of hydrogen-bond acceptors (Lipinski definition) is 3. The summed E-state index contributed by atoms with van der Waals surface area (Å²) < 4.78 is 20.6. The summed E-state index contributed by atoms with van der Waals surface area (Å²) in [7, 11) is 0. The first-order valence-corrected chi connectivity index (χ1v) is 10.3. The molecule has 3 aromatic rings. The molecule has 2 heterocycles. The van der Waals surface area contributed by atoms with E-state index in [1.165, 1.54) is 12.1 Å². The lowest BCUT2D eigenvalue weighted by molar-refractivity contribution is 0.0487. The summed E-state index contributed by atoms with van der Waals surface area (Å²) in [6.45, 7) is 3.52. The van der Waals surface area contributed by atoms with Crippen molar-refractivity contribution in [1.29, 1.82) is 0 Å². The van der Waals surface area contributed by atoms with Crippen LogP contribution < -0.4 is 5.32 Å². The highest BCUT2D eigenvalue weighted by molar-refractivity contribution is 6.30. The van der Waals surface area contributed by atoms with E-state index in [0.29, 0.717) is 30.3 Å². The molecule has 1 aliphatic rings. The minimum absolute atomic E-state index is 0.186. The molecule has 7 heteroatoms. The van der Waals surface area contributed by atoms with Gasteiger partial charge in [0.25, 0.3) is 5.91 Å². The highest BCUT2D eigenvalue weighted by Gasteiger charge is 2.35. The number of nitrogens with one attached hydrogen (secondary N) is 1. The van der Waals surface area contributed by atoms with E-state index in [9.17, 15) is 9.18 Å². The Morgan fingerprint density at radius 2 is 1.97 bits per heavy atom. The maximum absolute atomic E-state index is 13.4. The fourth-order valence-electron chi connectivity index (χ4n) is 3.98.